The van der Waals surface area contributed by atoms with E-state index >= 15 is 0 Å². The van der Waals surface area contributed by atoms with Crippen molar-refractivity contribution < 1.29 is 4.74 Å². The number of rotatable bonds is 2. The number of aryl methyl sites for hydroxylation is 1. The zero-order valence-corrected chi connectivity index (χ0v) is 16.4. The van der Waals surface area contributed by atoms with Crippen LogP contribution in [0.25, 0.3) is 0 Å². The van der Waals surface area contributed by atoms with Crippen LogP contribution in [0.4, 0.5) is 5.69 Å². The lowest BCUT2D eigenvalue weighted by atomic mass is 9.89. The van der Waals surface area contributed by atoms with Gasteiger partial charge in [-0.1, -0.05) is 28.1 Å². The van der Waals surface area contributed by atoms with Gasteiger partial charge in [0.05, 0.1) is 6.04 Å². The molecule has 0 saturated carbocycles. The molecule has 0 saturated heterocycles. The van der Waals surface area contributed by atoms with Gasteiger partial charge >= 0.3 is 0 Å². The molecule has 3 nitrogen and oxygen atoms in total. The molecule has 0 fully saturated rings. The SMILES string of the molecule is Cc1ccc2c(c1)OC(C)(C)CC2NC(=S)Nc1ccc(Br)cc1. The molecular weight excluding hydrogens is 384 g/mol. The van der Waals surface area contributed by atoms with Crippen molar-refractivity contribution in [1.82, 2.24) is 5.32 Å². The van der Waals surface area contributed by atoms with E-state index in [1.165, 1.54) is 5.56 Å². The third-order valence-electron chi connectivity index (χ3n) is 4.03. The third kappa shape index (κ3) is 4.08. The van der Waals surface area contributed by atoms with E-state index in [1.807, 2.05) is 24.3 Å². The molecule has 0 spiro atoms. The van der Waals surface area contributed by atoms with Crippen LogP contribution in [0, 0.1) is 6.92 Å². The molecule has 0 aliphatic carbocycles. The van der Waals surface area contributed by atoms with Crippen LogP contribution in [0.1, 0.15) is 37.4 Å². The normalized spacial score (nSPS) is 18.2. The fourth-order valence-corrected chi connectivity index (χ4v) is 3.47. The van der Waals surface area contributed by atoms with Crippen LogP contribution < -0.4 is 15.4 Å². The Kier molecular flexibility index (Phi) is 4.83. The molecule has 1 heterocycles. The first-order valence-corrected chi connectivity index (χ1v) is 9.15. The van der Waals surface area contributed by atoms with Crippen molar-refractivity contribution in [1.29, 1.82) is 0 Å². The number of anilines is 1. The topological polar surface area (TPSA) is 33.3 Å². The van der Waals surface area contributed by atoms with Gasteiger partial charge in [-0.2, -0.15) is 0 Å². The first-order chi connectivity index (χ1) is 11.3. The molecule has 2 aromatic carbocycles. The summed E-state index contributed by atoms with van der Waals surface area (Å²) in [5.41, 5.74) is 3.08. The Morgan fingerprint density at radius 2 is 1.92 bits per heavy atom. The van der Waals surface area contributed by atoms with Crippen LogP contribution in [0.5, 0.6) is 5.75 Å². The minimum absolute atomic E-state index is 0.125. The number of nitrogens with one attached hydrogen (secondary N) is 2. The van der Waals surface area contributed by atoms with Gasteiger partial charge in [-0.3, -0.25) is 0 Å². The predicted octanol–water partition coefficient (Wildman–Crippen LogP) is 5.35. The molecule has 0 amide bonds. The highest BCUT2D eigenvalue weighted by Gasteiger charge is 2.34. The molecule has 1 aliphatic rings. The summed E-state index contributed by atoms with van der Waals surface area (Å²) < 4.78 is 7.18. The molecule has 2 N–H and O–H groups in total. The van der Waals surface area contributed by atoms with Gasteiger partial charge in [-0.05, 0) is 68.9 Å². The minimum Gasteiger partial charge on any atom is -0.487 e. The molecule has 0 radical (unpaired) electrons. The summed E-state index contributed by atoms with van der Waals surface area (Å²) in [6, 6.07) is 14.4. The first kappa shape index (κ1) is 17.2. The maximum Gasteiger partial charge on any atom is 0.171 e. The van der Waals surface area contributed by atoms with E-state index in [9.17, 15) is 0 Å². The fourth-order valence-electron chi connectivity index (χ4n) is 2.95. The Morgan fingerprint density at radius 3 is 2.62 bits per heavy atom. The van der Waals surface area contributed by atoms with Gasteiger partial charge in [-0.25, -0.2) is 0 Å². The van der Waals surface area contributed by atoms with Gasteiger partial charge in [0, 0.05) is 22.1 Å². The summed E-state index contributed by atoms with van der Waals surface area (Å²) in [7, 11) is 0. The molecule has 1 unspecified atom stereocenters. The van der Waals surface area contributed by atoms with Gasteiger partial charge in [0.15, 0.2) is 5.11 Å². The monoisotopic (exact) mass is 404 g/mol. The number of benzene rings is 2. The second kappa shape index (κ2) is 6.73. The third-order valence-corrected chi connectivity index (χ3v) is 4.78. The highest BCUT2D eigenvalue weighted by molar-refractivity contribution is 9.10. The van der Waals surface area contributed by atoms with Crippen molar-refractivity contribution in [2.75, 3.05) is 5.32 Å². The smallest absolute Gasteiger partial charge is 0.171 e. The highest BCUT2D eigenvalue weighted by Crippen LogP contribution is 2.39. The van der Waals surface area contributed by atoms with Crippen molar-refractivity contribution in [3.63, 3.8) is 0 Å². The zero-order valence-electron chi connectivity index (χ0n) is 14.0. The first-order valence-electron chi connectivity index (χ1n) is 7.95. The Hall–Kier alpha value is -1.59. The lowest BCUT2D eigenvalue weighted by Gasteiger charge is -2.38. The van der Waals surface area contributed by atoms with Crippen molar-refractivity contribution >= 4 is 38.9 Å². The lowest BCUT2D eigenvalue weighted by Crippen LogP contribution is -2.42. The average Bonchev–Trinajstić information content (AvgIpc) is 2.48. The number of thiocarbonyl (C=S) groups is 1. The maximum absolute atomic E-state index is 6.13. The van der Waals surface area contributed by atoms with Crippen LogP contribution in [-0.2, 0) is 0 Å². The molecule has 1 atom stereocenters. The van der Waals surface area contributed by atoms with Gasteiger partial charge in [0.2, 0.25) is 0 Å². The van der Waals surface area contributed by atoms with Crippen molar-refractivity contribution in [2.45, 2.75) is 38.8 Å². The van der Waals surface area contributed by atoms with E-state index in [4.69, 9.17) is 17.0 Å². The average molecular weight is 405 g/mol. The quantitative estimate of drug-likeness (QED) is 0.661. The van der Waals surface area contributed by atoms with Gasteiger partial charge in [-0.15, -0.1) is 0 Å². The van der Waals surface area contributed by atoms with Crippen LogP contribution in [0.2, 0.25) is 0 Å². The Morgan fingerprint density at radius 1 is 1.21 bits per heavy atom. The molecule has 3 rings (SSSR count). The Labute approximate surface area is 156 Å². The molecule has 2 aromatic rings. The molecule has 0 aromatic heterocycles. The van der Waals surface area contributed by atoms with Crippen molar-refractivity contribution in [2.24, 2.45) is 0 Å². The summed E-state index contributed by atoms with van der Waals surface area (Å²) in [6.07, 6.45) is 0.852. The summed E-state index contributed by atoms with van der Waals surface area (Å²) in [4.78, 5) is 0. The molecule has 0 bridgehead atoms. The second-order valence-electron chi connectivity index (χ2n) is 6.77. The predicted molar refractivity (Wildman–Crippen MR) is 107 cm³/mol. The molecular formula is C19H21BrN2OS. The van der Waals surface area contributed by atoms with E-state index in [2.05, 4.69) is 65.5 Å². The number of halogens is 1. The number of hydrogen-bond donors (Lipinski definition) is 2. The Bertz CT molecular complexity index is 758. The maximum atomic E-state index is 6.13. The highest BCUT2D eigenvalue weighted by atomic mass is 79.9. The van der Waals surface area contributed by atoms with Gasteiger partial charge in [0.25, 0.3) is 0 Å². The Balaban J connectivity index is 1.76. The zero-order chi connectivity index (χ0) is 17.3. The number of hydrogen-bond acceptors (Lipinski definition) is 2. The van der Waals surface area contributed by atoms with E-state index in [0.717, 1.165) is 27.9 Å². The minimum atomic E-state index is -0.230. The number of ether oxygens (including phenoxy) is 1. The summed E-state index contributed by atoms with van der Waals surface area (Å²) in [6.45, 7) is 6.30. The molecule has 24 heavy (non-hydrogen) atoms. The molecule has 126 valence electrons. The van der Waals surface area contributed by atoms with E-state index in [1.54, 1.807) is 0 Å². The molecule has 1 aliphatic heterocycles. The standard InChI is InChI=1S/C19H21BrN2OS/c1-12-4-9-15-16(11-19(2,3)23-17(15)10-12)22-18(24)21-14-7-5-13(20)6-8-14/h4-10,16H,11H2,1-3H3,(H2,21,22,24). The van der Waals surface area contributed by atoms with E-state index in [-0.39, 0.29) is 11.6 Å². The fraction of sp³-hybridized carbons (Fsp3) is 0.316. The van der Waals surface area contributed by atoms with Crippen LogP contribution in [0.15, 0.2) is 46.9 Å². The van der Waals surface area contributed by atoms with Crippen molar-refractivity contribution in [3.05, 3.63) is 58.1 Å². The summed E-state index contributed by atoms with van der Waals surface area (Å²) in [5, 5.41) is 7.30. The molecule has 5 heteroatoms. The van der Waals surface area contributed by atoms with Crippen LogP contribution in [-0.4, -0.2) is 10.7 Å². The number of fused-ring (bicyclic) bond motifs is 1. The van der Waals surface area contributed by atoms with Crippen molar-refractivity contribution in [3.8, 4) is 5.75 Å². The summed E-state index contributed by atoms with van der Waals surface area (Å²) in [5.74, 6) is 0.940. The lowest BCUT2D eigenvalue weighted by molar-refractivity contribution is 0.0696. The summed E-state index contributed by atoms with van der Waals surface area (Å²) >= 11 is 8.94. The van der Waals surface area contributed by atoms with E-state index in [0.29, 0.717) is 5.11 Å². The largest absolute Gasteiger partial charge is 0.487 e. The van der Waals surface area contributed by atoms with E-state index < -0.39 is 0 Å². The van der Waals surface area contributed by atoms with Gasteiger partial charge < -0.3 is 15.4 Å². The second-order valence-corrected chi connectivity index (χ2v) is 8.09. The van der Waals surface area contributed by atoms with Crippen LogP contribution in [0.3, 0.4) is 0 Å². The van der Waals surface area contributed by atoms with Gasteiger partial charge in [0.1, 0.15) is 11.4 Å². The van der Waals surface area contributed by atoms with Crippen LogP contribution >= 0.6 is 28.1 Å².